The predicted octanol–water partition coefficient (Wildman–Crippen LogP) is 3.32. The number of hydrogen-bond acceptors (Lipinski definition) is 3. The van der Waals surface area contributed by atoms with Crippen LogP contribution in [0.25, 0.3) is 0 Å². The Kier molecular flexibility index (Phi) is 9.14. The van der Waals surface area contributed by atoms with Crippen LogP contribution >= 0.6 is 0 Å². The van der Waals surface area contributed by atoms with Crippen molar-refractivity contribution in [2.24, 2.45) is 10.7 Å². The van der Waals surface area contributed by atoms with E-state index in [1.165, 1.54) is 0 Å². The summed E-state index contributed by atoms with van der Waals surface area (Å²) in [5.74, 6) is 1.80. The minimum absolute atomic E-state index is 0.385. The highest BCUT2D eigenvalue weighted by atomic mass is 16.5. The van der Waals surface area contributed by atoms with Gasteiger partial charge in [0.05, 0.1) is 6.61 Å². The van der Waals surface area contributed by atoms with Gasteiger partial charge in [-0.1, -0.05) is 6.92 Å². The lowest BCUT2D eigenvalue weighted by Crippen LogP contribution is -2.41. The van der Waals surface area contributed by atoms with Gasteiger partial charge in [-0.05, 0) is 64.4 Å². The molecule has 0 amide bonds. The second-order valence-corrected chi connectivity index (χ2v) is 5.73. The zero-order chi connectivity index (χ0) is 17.1. The molecule has 0 unspecified atom stereocenters. The van der Waals surface area contributed by atoms with Crippen LogP contribution in [-0.2, 0) is 0 Å². The minimum atomic E-state index is 0.385. The van der Waals surface area contributed by atoms with E-state index in [1.807, 2.05) is 24.3 Å². The van der Waals surface area contributed by atoms with Crippen molar-refractivity contribution in [3.05, 3.63) is 24.3 Å². The average molecular weight is 320 g/mol. The van der Waals surface area contributed by atoms with Gasteiger partial charge < -0.3 is 20.7 Å². The molecule has 3 N–H and O–H groups in total. The van der Waals surface area contributed by atoms with Gasteiger partial charge in [0.1, 0.15) is 5.75 Å². The van der Waals surface area contributed by atoms with Gasteiger partial charge in [-0.3, -0.25) is 4.99 Å². The summed E-state index contributed by atoms with van der Waals surface area (Å²) in [5.41, 5.74) is 6.59. The van der Waals surface area contributed by atoms with Gasteiger partial charge >= 0.3 is 0 Å². The molecule has 23 heavy (non-hydrogen) atoms. The Bertz CT molecular complexity index is 457. The number of benzene rings is 1. The standard InChI is InChI=1S/C18H32N4O/c1-5-14-23-17-10-8-16(9-11-17)21-18(20-13-7-12-19)22(6-2)15(3)4/h8-11,15H,5-7,12-14,19H2,1-4H3,(H,20,21). The summed E-state index contributed by atoms with van der Waals surface area (Å²) in [6.45, 7) is 11.6. The van der Waals surface area contributed by atoms with E-state index < -0.39 is 0 Å². The van der Waals surface area contributed by atoms with Gasteiger partial charge in [0, 0.05) is 24.8 Å². The van der Waals surface area contributed by atoms with Crippen molar-refractivity contribution >= 4 is 11.6 Å². The number of nitrogens with one attached hydrogen (secondary N) is 1. The van der Waals surface area contributed by atoms with E-state index in [-0.39, 0.29) is 0 Å². The Hall–Kier alpha value is -1.75. The summed E-state index contributed by atoms with van der Waals surface area (Å²) >= 11 is 0. The highest BCUT2D eigenvalue weighted by Crippen LogP contribution is 2.17. The van der Waals surface area contributed by atoms with Crippen LogP contribution < -0.4 is 15.8 Å². The molecule has 1 rings (SSSR count). The number of nitrogens with two attached hydrogens (primary N) is 1. The maximum Gasteiger partial charge on any atom is 0.198 e. The lowest BCUT2D eigenvalue weighted by Gasteiger charge is -2.29. The first-order valence-corrected chi connectivity index (χ1v) is 8.63. The quantitative estimate of drug-likeness (QED) is 0.416. The molecule has 0 aliphatic carbocycles. The molecule has 0 heterocycles. The maximum absolute atomic E-state index is 5.62. The molecule has 1 aromatic rings. The Morgan fingerprint density at radius 3 is 2.48 bits per heavy atom. The van der Waals surface area contributed by atoms with Crippen LogP contribution in [0.15, 0.2) is 29.3 Å². The highest BCUT2D eigenvalue weighted by molar-refractivity contribution is 5.93. The number of ether oxygens (including phenoxy) is 1. The first-order chi connectivity index (χ1) is 11.1. The largest absolute Gasteiger partial charge is 0.494 e. The SMILES string of the molecule is CCCOc1ccc(NC(=NCCCN)N(CC)C(C)C)cc1. The van der Waals surface area contributed by atoms with Crippen molar-refractivity contribution in [3.8, 4) is 5.75 Å². The number of anilines is 1. The van der Waals surface area contributed by atoms with E-state index in [0.29, 0.717) is 12.6 Å². The molecule has 130 valence electrons. The van der Waals surface area contributed by atoms with E-state index in [0.717, 1.165) is 49.9 Å². The molecule has 0 aliphatic heterocycles. The maximum atomic E-state index is 5.62. The third kappa shape index (κ3) is 6.91. The topological polar surface area (TPSA) is 62.9 Å². The lowest BCUT2D eigenvalue weighted by molar-refractivity contribution is 0.317. The van der Waals surface area contributed by atoms with E-state index in [9.17, 15) is 0 Å². The van der Waals surface area contributed by atoms with E-state index in [4.69, 9.17) is 15.5 Å². The Morgan fingerprint density at radius 2 is 1.96 bits per heavy atom. The number of nitrogens with zero attached hydrogens (tertiary/aromatic N) is 2. The van der Waals surface area contributed by atoms with E-state index in [2.05, 4.69) is 37.9 Å². The molecule has 5 heteroatoms. The average Bonchev–Trinajstić information content (AvgIpc) is 2.54. The molecule has 0 spiro atoms. The monoisotopic (exact) mass is 320 g/mol. The highest BCUT2D eigenvalue weighted by Gasteiger charge is 2.13. The van der Waals surface area contributed by atoms with Crippen LogP contribution in [0.3, 0.4) is 0 Å². The van der Waals surface area contributed by atoms with Crippen molar-refractivity contribution in [2.75, 3.05) is 31.6 Å². The van der Waals surface area contributed by atoms with Gasteiger partial charge in [-0.15, -0.1) is 0 Å². The smallest absolute Gasteiger partial charge is 0.198 e. The summed E-state index contributed by atoms with van der Waals surface area (Å²) in [5, 5.41) is 3.43. The first-order valence-electron chi connectivity index (χ1n) is 8.63. The van der Waals surface area contributed by atoms with E-state index in [1.54, 1.807) is 0 Å². The minimum Gasteiger partial charge on any atom is -0.494 e. The molecule has 5 nitrogen and oxygen atoms in total. The molecule has 0 aromatic heterocycles. The van der Waals surface area contributed by atoms with Crippen LogP contribution in [0.5, 0.6) is 5.75 Å². The van der Waals surface area contributed by atoms with Crippen LogP contribution in [0.4, 0.5) is 5.69 Å². The fourth-order valence-electron chi connectivity index (χ4n) is 2.22. The molecular weight excluding hydrogens is 288 g/mol. The molecule has 0 fully saturated rings. The summed E-state index contributed by atoms with van der Waals surface area (Å²) in [7, 11) is 0. The summed E-state index contributed by atoms with van der Waals surface area (Å²) < 4.78 is 5.62. The predicted molar refractivity (Wildman–Crippen MR) is 99.3 cm³/mol. The third-order valence-electron chi connectivity index (χ3n) is 3.44. The summed E-state index contributed by atoms with van der Waals surface area (Å²) in [6.07, 6.45) is 1.91. The lowest BCUT2D eigenvalue weighted by atomic mass is 10.3. The normalized spacial score (nSPS) is 11.7. The molecule has 0 aliphatic rings. The Balaban J connectivity index is 2.80. The zero-order valence-electron chi connectivity index (χ0n) is 15.0. The van der Waals surface area contributed by atoms with Gasteiger partial charge in [-0.2, -0.15) is 0 Å². The molecule has 1 aromatic carbocycles. The fourth-order valence-corrected chi connectivity index (χ4v) is 2.22. The van der Waals surface area contributed by atoms with Crippen molar-refractivity contribution in [1.29, 1.82) is 0 Å². The number of aliphatic imine (C=N–C) groups is 1. The van der Waals surface area contributed by atoms with E-state index >= 15 is 0 Å². The first kappa shape index (κ1) is 19.3. The van der Waals surface area contributed by atoms with Crippen molar-refractivity contribution < 1.29 is 4.74 Å². The number of hydrogen-bond donors (Lipinski definition) is 2. The Morgan fingerprint density at radius 1 is 1.26 bits per heavy atom. The van der Waals surface area contributed by atoms with Gasteiger partial charge in [0.2, 0.25) is 0 Å². The third-order valence-corrected chi connectivity index (χ3v) is 3.44. The zero-order valence-corrected chi connectivity index (χ0v) is 15.0. The second kappa shape index (κ2) is 10.9. The summed E-state index contributed by atoms with van der Waals surface area (Å²) in [4.78, 5) is 6.94. The number of rotatable bonds is 9. The molecule has 0 radical (unpaired) electrons. The molecule has 0 saturated heterocycles. The van der Waals surface area contributed by atoms with Crippen LogP contribution in [-0.4, -0.2) is 43.1 Å². The molecule has 0 bridgehead atoms. The molecular formula is C18H32N4O. The van der Waals surface area contributed by atoms with Crippen molar-refractivity contribution in [2.45, 2.75) is 46.6 Å². The van der Waals surface area contributed by atoms with Gasteiger partial charge in [0.15, 0.2) is 5.96 Å². The van der Waals surface area contributed by atoms with Crippen LogP contribution in [0.1, 0.15) is 40.5 Å². The number of guanidine groups is 1. The van der Waals surface area contributed by atoms with Crippen molar-refractivity contribution in [3.63, 3.8) is 0 Å². The Labute approximate surface area is 140 Å². The van der Waals surface area contributed by atoms with Gasteiger partial charge in [0.25, 0.3) is 0 Å². The molecule has 0 atom stereocenters. The summed E-state index contributed by atoms with van der Waals surface area (Å²) in [6, 6.07) is 8.41. The molecule has 0 saturated carbocycles. The van der Waals surface area contributed by atoms with Crippen LogP contribution in [0, 0.1) is 0 Å². The van der Waals surface area contributed by atoms with Crippen molar-refractivity contribution in [1.82, 2.24) is 4.90 Å². The second-order valence-electron chi connectivity index (χ2n) is 5.73. The van der Waals surface area contributed by atoms with Crippen LogP contribution in [0.2, 0.25) is 0 Å². The fraction of sp³-hybridized carbons (Fsp3) is 0.611. The van der Waals surface area contributed by atoms with Gasteiger partial charge in [-0.25, -0.2) is 0 Å².